The van der Waals surface area contributed by atoms with Gasteiger partial charge in [0.05, 0.1) is 29.7 Å². The summed E-state index contributed by atoms with van der Waals surface area (Å²) in [6.07, 6.45) is -0.427. The summed E-state index contributed by atoms with van der Waals surface area (Å²) in [5, 5.41) is 8.03. The molecule has 0 saturated carbocycles. The molecule has 2 aliphatic heterocycles. The summed E-state index contributed by atoms with van der Waals surface area (Å²) in [5.41, 5.74) is 6.32. The summed E-state index contributed by atoms with van der Waals surface area (Å²) >= 11 is 0. The van der Waals surface area contributed by atoms with Crippen molar-refractivity contribution in [1.82, 2.24) is 29.0 Å². The molecular formula is C34H42F3N7O3. The number of fused-ring (bicyclic) bond motifs is 1. The molecule has 0 radical (unpaired) electrons. The van der Waals surface area contributed by atoms with Crippen molar-refractivity contribution in [3.63, 3.8) is 0 Å². The molecule has 0 bridgehead atoms. The molecule has 6 heterocycles. The highest BCUT2D eigenvalue weighted by Gasteiger charge is 2.33. The third-order valence-electron chi connectivity index (χ3n) is 9.51. The summed E-state index contributed by atoms with van der Waals surface area (Å²) < 4.78 is 48.5. The van der Waals surface area contributed by atoms with Crippen LogP contribution in [-0.4, -0.2) is 87.0 Å². The second kappa shape index (κ2) is 13.3. The number of amides is 1. The summed E-state index contributed by atoms with van der Waals surface area (Å²) in [5.74, 6) is -0.303. The second-order valence-electron chi connectivity index (χ2n) is 12.8. The van der Waals surface area contributed by atoms with E-state index >= 15 is 0 Å². The molecule has 10 nitrogen and oxygen atoms in total. The van der Waals surface area contributed by atoms with Crippen LogP contribution in [0.4, 0.5) is 18.9 Å². The van der Waals surface area contributed by atoms with Crippen molar-refractivity contribution in [3.05, 3.63) is 86.3 Å². The first-order valence-electron chi connectivity index (χ1n) is 16.2. The molecule has 1 unspecified atom stereocenters. The van der Waals surface area contributed by atoms with Gasteiger partial charge >= 0.3 is 6.18 Å². The van der Waals surface area contributed by atoms with Crippen LogP contribution in [0.15, 0.2) is 41.3 Å². The molecule has 0 aliphatic carbocycles. The summed E-state index contributed by atoms with van der Waals surface area (Å²) in [7, 11) is 0. The number of alkyl halides is 3. The maximum absolute atomic E-state index is 14.1. The number of H-pyrrole nitrogens is 1. The van der Waals surface area contributed by atoms with Crippen molar-refractivity contribution in [1.29, 1.82) is 0 Å². The number of rotatable bonds is 8. The first kappa shape index (κ1) is 33.0. The van der Waals surface area contributed by atoms with Crippen molar-refractivity contribution >= 4 is 17.1 Å². The Balaban J connectivity index is 1.30. The number of hydrogen-bond acceptors (Lipinski definition) is 6. The molecule has 47 heavy (non-hydrogen) atoms. The highest BCUT2D eigenvalue weighted by Crippen LogP contribution is 2.32. The zero-order valence-electron chi connectivity index (χ0n) is 27.3. The Morgan fingerprint density at radius 1 is 1.11 bits per heavy atom. The Kier molecular flexibility index (Phi) is 9.32. The topological polar surface area (TPSA) is 99.9 Å². The fraction of sp³-hybridized carbons (Fsp3) is 0.500. The number of nitrogens with one attached hydrogen (secondary N) is 2. The predicted octanol–water partition coefficient (Wildman–Crippen LogP) is 5.18. The SMILES string of the molecule is Cc1cc(C)c(Cc2c(NC(=O)c3cc(C(C)N4CCN(CC(F)(F)F)CC4)n4cccc4c3)c(C)nn2C2CCOCC2)c(=O)[nH]1. The average molecular weight is 654 g/mol. The van der Waals surface area contributed by atoms with E-state index < -0.39 is 12.7 Å². The van der Waals surface area contributed by atoms with Gasteiger partial charge in [-0.05, 0) is 76.4 Å². The van der Waals surface area contributed by atoms with Gasteiger partial charge in [0.2, 0.25) is 0 Å². The van der Waals surface area contributed by atoms with E-state index in [-0.39, 0.29) is 23.6 Å². The lowest BCUT2D eigenvalue weighted by Gasteiger charge is -2.38. The maximum Gasteiger partial charge on any atom is 0.401 e. The van der Waals surface area contributed by atoms with E-state index in [2.05, 4.69) is 15.2 Å². The van der Waals surface area contributed by atoms with Gasteiger partial charge in [0.1, 0.15) is 0 Å². The van der Waals surface area contributed by atoms with Gasteiger partial charge in [0, 0.05) is 86.1 Å². The second-order valence-corrected chi connectivity index (χ2v) is 12.8. The van der Waals surface area contributed by atoms with Crippen LogP contribution >= 0.6 is 0 Å². The van der Waals surface area contributed by atoms with Crippen molar-refractivity contribution < 1.29 is 22.7 Å². The number of halogens is 3. The zero-order valence-corrected chi connectivity index (χ0v) is 27.3. The Morgan fingerprint density at radius 2 is 1.83 bits per heavy atom. The number of carbonyl (C=O) groups excluding carboxylic acids is 1. The number of pyridine rings is 2. The third-order valence-corrected chi connectivity index (χ3v) is 9.51. The fourth-order valence-corrected chi connectivity index (χ4v) is 6.99. The molecule has 6 rings (SSSR count). The van der Waals surface area contributed by atoms with Crippen LogP contribution in [-0.2, 0) is 11.2 Å². The average Bonchev–Trinajstić information content (AvgIpc) is 3.62. The van der Waals surface area contributed by atoms with E-state index in [4.69, 9.17) is 9.84 Å². The van der Waals surface area contributed by atoms with Crippen LogP contribution in [0, 0.1) is 20.8 Å². The molecular weight excluding hydrogens is 611 g/mol. The number of nitrogens with zero attached hydrogens (tertiary/aromatic N) is 5. The monoisotopic (exact) mass is 653 g/mol. The molecule has 2 N–H and O–H groups in total. The lowest BCUT2D eigenvalue weighted by atomic mass is 10.0. The number of aromatic amines is 1. The highest BCUT2D eigenvalue weighted by atomic mass is 19.4. The molecule has 1 amide bonds. The number of aromatic nitrogens is 4. The van der Waals surface area contributed by atoms with Crippen LogP contribution in [0.2, 0.25) is 0 Å². The highest BCUT2D eigenvalue weighted by molar-refractivity contribution is 6.05. The van der Waals surface area contributed by atoms with Crippen LogP contribution in [0.1, 0.15) is 76.1 Å². The lowest BCUT2D eigenvalue weighted by molar-refractivity contribution is -0.149. The largest absolute Gasteiger partial charge is 0.401 e. The maximum atomic E-state index is 14.1. The minimum Gasteiger partial charge on any atom is -0.381 e. The molecule has 0 spiro atoms. The minimum atomic E-state index is -4.22. The quantitative estimate of drug-likeness (QED) is 0.272. The normalized spacial score (nSPS) is 17.8. The van der Waals surface area contributed by atoms with E-state index in [9.17, 15) is 22.8 Å². The number of hydrogen-bond donors (Lipinski definition) is 2. The zero-order chi connectivity index (χ0) is 33.5. The van der Waals surface area contributed by atoms with Crippen LogP contribution in [0.3, 0.4) is 0 Å². The van der Waals surface area contributed by atoms with Gasteiger partial charge in [-0.25, -0.2) is 0 Å². The predicted molar refractivity (Wildman–Crippen MR) is 173 cm³/mol. The van der Waals surface area contributed by atoms with Gasteiger partial charge in [-0.2, -0.15) is 18.3 Å². The molecule has 1 atom stereocenters. The van der Waals surface area contributed by atoms with Crippen molar-refractivity contribution in [3.8, 4) is 0 Å². The number of anilines is 1. The number of aryl methyl sites for hydroxylation is 3. The standard InChI is InChI=1S/C34H42F3N7O3/c1-21-16-22(2)38-33(46)28(21)19-30-31(23(3)40-44(30)26-7-14-47-15-8-26)39-32(45)25-17-27-6-5-9-43(27)29(18-25)24(4)42-12-10-41(11-13-42)20-34(35,36)37/h5-6,9,16-18,24,26H,7-8,10-15,19-20H2,1-4H3,(H,38,46)(H,39,45). The first-order chi connectivity index (χ1) is 22.4. The van der Waals surface area contributed by atoms with E-state index in [0.29, 0.717) is 68.3 Å². The van der Waals surface area contributed by atoms with Crippen LogP contribution < -0.4 is 10.9 Å². The molecule has 4 aromatic heterocycles. The Morgan fingerprint density at radius 3 is 2.51 bits per heavy atom. The molecule has 13 heteroatoms. The van der Waals surface area contributed by atoms with E-state index in [1.807, 2.05) is 73.3 Å². The van der Waals surface area contributed by atoms with Gasteiger partial charge in [-0.3, -0.25) is 24.1 Å². The fourth-order valence-electron chi connectivity index (χ4n) is 6.99. The van der Waals surface area contributed by atoms with E-state index in [1.54, 1.807) is 0 Å². The van der Waals surface area contributed by atoms with E-state index in [0.717, 1.165) is 41.0 Å². The van der Waals surface area contributed by atoms with Gasteiger partial charge < -0.3 is 19.4 Å². The Bertz CT molecular complexity index is 1810. The molecule has 2 saturated heterocycles. The van der Waals surface area contributed by atoms with Crippen LogP contribution in [0.5, 0.6) is 0 Å². The van der Waals surface area contributed by atoms with Gasteiger partial charge in [-0.1, -0.05) is 0 Å². The number of piperazine rings is 1. The number of carbonyl (C=O) groups is 1. The minimum absolute atomic E-state index is 0.0778. The summed E-state index contributed by atoms with van der Waals surface area (Å²) in [6.45, 7) is 9.61. The van der Waals surface area contributed by atoms with Gasteiger partial charge in [0.25, 0.3) is 11.5 Å². The summed E-state index contributed by atoms with van der Waals surface area (Å²) in [4.78, 5) is 33.6. The smallest absolute Gasteiger partial charge is 0.381 e. The number of ether oxygens (including phenoxy) is 1. The lowest BCUT2D eigenvalue weighted by Crippen LogP contribution is -2.49. The molecule has 252 valence electrons. The Hall–Kier alpha value is -3.94. The van der Waals surface area contributed by atoms with Crippen LogP contribution in [0.25, 0.3) is 5.52 Å². The Labute approximate surface area is 271 Å². The first-order valence-corrected chi connectivity index (χ1v) is 16.2. The molecule has 0 aromatic carbocycles. The van der Waals surface area contributed by atoms with Crippen molar-refractivity contribution in [2.75, 3.05) is 51.3 Å². The molecule has 2 aliphatic rings. The van der Waals surface area contributed by atoms with Crippen molar-refractivity contribution in [2.24, 2.45) is 0 Å². The summed E-state index contributed by atoms with van der Waals surface area (Å²) in [6, 6.07) is 9.42. The van der Waals surface area contributed by atoms with Crippen molar-refractivity contribution in [2.45, 2.75) is 65.2 Å². The van der Waals surface area contributed by atoms with E-state index in [1.165, 1.54) is 4.90 Å². The molecule has 2 fully saturated rings. The van der Waals surface area contributed by atoms with Gasteiger partial charge in [0.15, 0.2) is 0 Å². The third kappa shape index (κ3) is 7.16. The molecule has 4 aromatic rings. The van der Waals surface area contributed by atoms with Gasteiger partial charge in [-0.15, -0.1) is 0 Å².